The lowest BCUT2D eigenvalue weighted by Gasteiger charge is -2.04. The van der Waals surface area contributed by atoms with E-state index in [9.17, 15) is 15.0 Å². The van der Waals surface area contributed by atoms with E-state index in [4.69, 9.17) is 5.11 Å². The van der Waals surface area contributed by atoms with Gasteiger partial charge in [-0.1, -0.05) is 12.1 Å². The quantitative estimate of drug-likeness (QED) is 0.663. The Morgan fingerprint density at radius 1 is 1.00 bits per heavy atom. The fourth-order valence-corrected chi connectivity index (χ4v) is 1.47. The van der Waals surface area contributed by atoms with Crippen molar-refractivity contribution < 1.29 is 20.1 Å². The average molecular weight is 204 g/mol. The molecule has 0 unspecified atom stereocenters. The lowest BCUT2D eigenvalue weighted by molar-refractivity contribution is 0.0696. The van der Waals surface area contributed by atoms with Gasteiger partial charge < -0.3 is 15.3 Å². The Hall–Kier alpha value is -2.23. The van der Waals surface area contributed by atoms with Crippen LogP contribution in [0.25, 0.3) is 10.8 Å². The number of carbonyl (C=O) groups is 1. The van der Waals surface area contributed by atoms with Crippen molar-refractivity contribution in [3.63, 3.8) is 0 Å². The van der Waals surface area contributed by atoms with Gasteiger partial charge in [0.1, 0.15) is 11.5 Å². The zero-order valence-corrected chi connectivity index (χ0v) is 7.64. The predicted octanol–water partition coefficient (Wildman–Crippen LogP) is 1.95. The highest BCUT2D eigenvalue weighted by atomic mass is 16.4. The molecule has 15 heavy (non-hydrogen) atoms. The van der Waals surface area contributed by atoms with Crippen molar-refractivity contribution in [1.82, 2.24) is 0 Å². The SMILES string of the molecule is O=C(O)c1cc(O)c2cccc(O)c2c1. The van der Waals surface area contributed by atoms with Crippen LogP contribution in [0.2, 0.25) is 0 Å². The first-order valence-corrected chi connectivity index (χ1v) is 4.27. The van der Waals surface area contributed by atoms with Crippen molar-refractivity contribution in [2.45, 2.75) is 0 Å². The summed E-state index contributed by atoms with van der Waals surface area (Å²) in [5.41, 5.74) is -0.0542. The maximum Gasteiger partial charge on any atom is 0.335 e. The number of aromatic hydroxyl groups is 2. The Bertz CT molecular complexity index is 546. The van der Waals surface area contributed by atoms with Gasteiger partial charge in [0.15, 0.2) is 0 Å². The van der Waals surface area contributed by atoms with Crippen LogP contribution < -0.4 is 0 Å². The number of hydrogen-bond acceptors (Lipinski definition) is 3. The lowest BCUT2D eigenvalue weighted by atomic mass is 10.1. The summed E-state index contributed by atoms with van der Waals surface area (Å²) in [5, 5.41) is 28.6. The Morgan fingerprint density at radius 2 is 1.73 bits per heavy atom. The lowest BCUT2D eigenvalue weighted by Crippen LogP contribution is -1.95. The van der Waals surface area contributed by atoms with E-state index < -0.39 is 5.97 Å². The molecule has 0 bridgehead atoms. The van der Waals surface area contributed by atoms with E-state index >= 15 is 0 Å². The molecule has 0 fully saturated rings. The Kier molecular flexibility index (Phi) is 1.97. The van der Waals surface area contributed by atoms with Crippen LogP contribution in [0.5, 0.6) is 11.5 Å². The van der Waals surface area contributed by atoms with Crippen molar-refractivity contribution in [1.29, 1.82) is 0 Å². The molecule has 0 heterocycles. The van der Waals surface area contributed by atoms with Gasteiger partial charge in [0, 0.05) is 10.8 Å². The minimum Gasteiger partial charge on any atom is -0.507 e. The molecule has 0 aliphatic carbocycles. The third kappa shape index (κ3) is 1.46. The molecule has 4 nitrogen and oxygen atoms in total. The molecule has 76 valence electrons. The number of phenolic OH excluding ortho intramolecular Hbond substituents is 2. The minimum absolute atomic E-state index is 0.0501. The number of phenols is 2. The number of hydrogen-bond donors (Lipinski definition) is 3. The first kappa shape index (κ1) is 9.33. The highest BCUT2D eigenvalue weighted by Crippen LogP contribution is 2.32. The predicted molar refractivity (Wildman–Crippen MR) is 54.2 cm³/mol. The van der Waals surface area contributed by atoms with E-state index in [1.54, 1.807) is 12.1 Å². The second-order valence-corrected chi connectivity index (χ2v) is 3.17. The molecular formula is C11H8O4. The molecule has 0 saturated carbocycles. The van der Waals surface area contributed by atoms with Crippen molar-refractivity contribution in [2.24, 2.45) is 0 Å². The summed E-state index contributed by atoms with van der Waals surface area (Å²) in [6.45, 7) is 0. The smallest absolute Gasteiger partial charge is 0.335 e. The molecular weight excluding hydrogens is 196 g/mol. The van der Waals surface area contributed by atoms with E-state index in [0.717, 1.165) is 6.07 Å². The van der Waals surface area contributed by atoms with Crippen LogP contribution in [0.1, 0.15) is 10.4 Å². The third-order valence-electron chi connectivity index (χ3n) is 2.20. The molecule has 4 heteroatoms. The summed E-state index contributed by atoms with van der Waals surface area (Å²) >= 11 is 0. The third-order valence-corrected chi connectivity index (χ3v) is 2.20. The number of rotatable bonds is 1. The molecule has 0 amide bonds. The number of carboxylic acid groups (broad SMARTS) is 1. The molecule has 0 radical (unpaired) electrons. The van der Waals surface area contributed by atoms with Gasteiger partial charge in [-0.15, -0.1) is 0 Å². The molecule has 0 spiro atoms. The van der Waals surface area contributed by atoms with Crippen LogP contribution in [0, 0.1) is 0 Å². The van der Waals surface area contributed by atoms with Gasteiger partial charge in [-0.2, -0.15) is 0 Å². The zero-order valence-electron chi connectivity index (χ0n) is 7.64. The van der Waals surface area contributed by atoms with E-state index in [1.165, 1.54) is 12.1 Å². The standard InChI is InChI=1S/C11H8O4/c12-9-3-1-2-7-8(9)4-6(11(14)15)5-10(7)13/h1-5,12-13H,(H,14,15). The van der Waals surface area contributed by atoms with E-state index in [-0.39, 0.29) is 17.1 Å². The summed E-state index contributed by atoms with van der Waals surface area (Å²) in [7, 11) is 0. The van der Waals surface area contributed by atoms with Gasteiger partial charge in [0.2, 0.25) is 0 Å². The first-order chi connectivity index (χ1) is 7.09. The fourth-order valence-electron chi connectivity index (χ4n) is 1.47. The maximum atomic E-state index is 10.7. The molecule has 2 aromatic rings. The summed E-state index contributed by atoms with van der Waals surface area (Å²) in [6.07, 6.45) is 0. The molecule has 0 aliphatic rings. The minimum atomic E-state index is -1.14. The molecule has 2 aromatic carbocycles. The van der Waals surface area contributed by atoms with Crippen LogP contribution in [-0.4, -0.2) is 21.3 Å². The van der Waals surface area contributed by atoms with Crippen molar-refractivity contribution in [2.75, 3.05) is 0 Å². The van der Waals surface area contributed by atoms with Crippen LogP contribution >= 0.6 is 0 Å². The normalized spacial score (nSPS) is 10.4. The molecule has 0 aromatic heterocycles. The molecule has 0 saturated heterocycles. The van der Waals surface area contributed by atoms with Crippen LogP contribution in [0.15, 0.2) is 30.3 Å². The van der Waals surface area contributed by atoms with Gasteiger partial charge in [-0.3, -0.25) is 0 Å². The zero-order chi connectivity index (χ0) is 11.0. The highest BCUT2D eigenvalue weighted by Gasteiger charge is 2.10. The average Bonchev–Trinajstić information content (AvgIpc) is 2.19. The van der Waals surface area contributed by atoms with E-state index in [2.05, 4.69) is 0 Å². The topological polar surface area (TPSA) is 77.8 Å². The van der Waals surface area contributed by atoms with Crippen molar-refractivity contribution >= 4 is 16.7 Å². The largest absolute Gasteiger partial charge is 0.507 e. The first-order valence-electron chi connectivity index (χ1n) is 4.27. The Balaban J connectivity index is 2.85. The molecule has 2 rings (SSSR count). The Labute approximate surface area is 85.0 Å². The molecule has 3 N–H and O–H groups in total. The van der Waals surface area contributed by atoms with Gasteiger partial charge >= 0.3 is 5.97 Å². The Morgan fingerprint density at radius 3 is 2.40 bits per heavy atom. The van der Waals surface area contributed by atoms with E-state index in [1.807, 2.05) is 0 Å². The van der Waals surface area contributed by atoms with Gasteiger partial charge in [-0.25, -0.2) is 4.79 Å². The highest BCUT2D eigenvalue weighted by molar-refractivity contribution is 5.99. The van der Waals surface area contributed by atoms with Crippen LogP contribution in [0.4, 0.5) is 0 Å². The fraction of sp³-hybridized carbons (Fsp3) is 0. The van der Waals surface area contributed by atoms with Crippen LogP contribution in [0.3, 0.4) is 0 Å². The van der Waals surface area contributed by atoms with Crippen molar-refractivity contribution in [3.05, 3.63) is 35.9 Å². The maximum absolute atomic E-state index is 10.7. The number of benzene rings is 2. The number of carboxylic acids is 1. The van der Waals surface area contributed by atoms with E-state index in [0.29, 0.717) is 10.8 Å². The summed E-state index contributed by atoms with van der Waals surface area (Å²) in [5.74, 6) is -1.35. The second-order valence-electron chi connectivity index (χ2n) is 3.17. The summed E-state index contributed by atoms with van der Waals surface area (Å²) in [6, 6.07) is 7.11. The van der Waals surface area contributed by atoms with Crippen LogP contribution in [-0.2, 0) is 0 Å². The second kappa shape index (κ2) is 3.16. The van der Waals surface area contributed by atoms with Gasteiger partial charge in [-0.05, 0) is 18.2 Å². The summed E-state index contributed by atoms with van der Waals surface area (Å²) < 4.78 is 0. The number of aromatic carboxylic acids is 1. The van der Waals surface area contributed by atoms with Gasteiger partial charge in [0.05, 0.1) is 5.56 Å². The summed E-state index contributed by atoms with van der Waals surface area (Å²) in [4.78, 5) is 10.7. The molecule has 0 aliphatic heterocycles. The van der Waals surface area contributed by atoms with Crippen molar-refractivity contribution in [3.8, 4) is 11.5 Å². The van der Waals surface area contributed by atoms with Gasteiger partial charge in [0.25, 0.3) is 0 Å². The molecule has 0 atom stereocenters. The number of fused-ring (bicyclic) bond motifs is 1. The monoisotopic (exact) mass is 204 g/mol.